The fourth-order valence-electron chi connectivity index (χ4n) is 8.55. The topological polar surface area (TPSA) is 192 Å². The number of ether oxygens (including phenoxy) is 12. The highest BCUT2D eigenvalue weighted by atomic mass is 16.8. The van der Waals surface area contributed by atoms with Crippen molar-refractivity contribution in [1.82, 2.24) is 0 Å². The highest BCUT2D eigenvalue weighted by Crippen LogP contribution is 2.42. The van der Waals surface area contributed by atoms with Crippen molar-refractivity contribution in [2.75, 3.05) is 26.4 Å². The molecule has 7 fully saturated rings. The summed E-state index contributed by atoms with van der Waals surface area (Å²) in [5.41, 5.74) is 0. The van der Waals surface area contributed by atoms with Crippen molar-refractivity contribution in [3.63, 3.8) is 0 Å². The molecule has 0 aliphatic carbocycles. The molecule has 4 N–H and O–H groups in total. The van der Waals surface area contributed by atoms with Gasteiger partial charge in [-0.15, -0.1) is 0 Å². The summed E-state index contributed by atoms with van der Waals surface area (Å²) in [7, 11) is 0. The fraction of sp³-hybridized carbons (Fsp3) is 1.00. The van der Waals surface area contributed by atoms with E-state index in [-0.39, 0.29) is 98.3 Å². The average molecular weight is 779 g/mol. The average Bonchev–Trinajstić information content (AvgIpc) is 3.15. The van der Waals surface area contributed by atoms with Gasteiger partial charge in [-0.2, -0.15) is 0 Å². The molecule has 0 aromatic heterocycles. The summed E-state index contributed by atoms with van der Waals surface area (Å²) in [6.07, 6.45) is -7.33. The summed E-state index contributed by atoms with van der Waals surface area (Å²) in [5.74, 6) is 0.656. The van der Waals surface area contributed by atoms with Gasteiger partial charge in [-0.3, -0.25) is 0 Å². The molecule has 7 heterocycles. The van der Waals surface area contributed by atoms with Crippen LogP contribution in [0.2, 0.25) is 0 Å². The molecule has 314 valence electrons. The molecule has 0 bridgehead atoms. The Morgan fingerprint density at radius 1 is 0.444 bits per heavy atom. The van der Waals surface area contributed by atoms with Crippen LogP contribution < -0.4 is 0 Å². The lowest BCUT2D eigenvalue weighted by molar-refractivity contribution is -0.425. The molecule has 16 nitrogen and oxygen atoms in total. The smallest absolute Gasteiger partial charge is 0.187 e. The van der Waals surface area contributed by atoms with Gasteiger partial charge < -0.3 is 77.3 Å². The number of aliphatic hydroxyl groups excluding tert-OH is 4. The Kier molecular flexibility index (Phi) is 14.4. The van der Waals surface area contributed by atoms with Crippen molar-refractivity contribution in [2.24, 2.45) is 47.3 Å². The van der Waals surface area contributed by atoms with Crippen LogP contribution in [0.4, 0.5) is 0 Å². The van der Waals surface area contributed by atoms with Crippen molar-refractivity contribution in [2.45, 2.75) is 168 Å². The Morgan fingerprint density at radius 3 is 1.35 bits per heavy atom. The first kappa shape index (κ1) is 43.0. The first-order valence-corrected chi connectivity index (χ1v) is 20.0. The van der Waals surface area contributed by atoms with E-state index in [1.807, 2.05) is 41.5 Å². The van der Waals surface area contributed by atoms with Crippen molar-refractivity contribution in [1.29, 1.82) is 0 Å². The molecular weight excluding hydrogens is 712 g/mol. The molecule has 7 rings (SSSR count). The van der Waals surface area contributed by atoms with E-state index in [4.69, 9.17) is 56.8 Å². The summed E-state index contributed by atoms with van der Waals surface area (Å²) in [4.78, 5) is 0. The van der Waals surface area contributed by atoms with Gasteiger partial charge >= 0.3 is 0 Å². The monoisotopic (exact) mass is 778 g/mol. The van der Waals surface area contributed by atoms with E-state index in [1.165, 1.54) is 0 Å². The van der Waals surface area contributed by atoms with E-state index in [2.05, 4.69) is 27.7 Å². The van der Waals surface area contributed by atoms with E-state index in [0.29, 0.717) is 25.0 Å². The van der Waals surface area contributed by atoms with Crippen LogP contribution in [0, 0.1) is 47.3 Å². The molecule has 0 spiro atoms. The molecule has 7 aliphatic rings. The van der Waals surface area contributed by atoms with Crippen LogP contribution in [0.3, 0.4) is 0 Å². The minimum absolute atomic E-state index is 0.0400. The third kappa shape index (κ3) is 8.84. The van der Waals surface area contributed by atoms with E-state index < -0.39 is 49.6 Å². The van der Waals surface area contributed by atoms with Gasteiger partial charge in [0.25, 0.3) is 0 Å². The van der Waals surface area contributed by atoms with Crippen LogP contribution >= 0.6 is 0 Å². The minimum atomic E-state index is -1.21. The third-order valence-electron chi connectivity index (χ3n) is 13.2. The highest BCUT2D eigenvalue weighted by Gasteiger charge is 2.52. The second kappa shape index (κ2) is 18.1. The fourth-order valence-corrected chi connectivity index (χ4v) is 8.55. The van der Waals surface area contributed by atoms with Crippen molar-refractivity contribution in [3.05, 3.63) is 0 Å². The van der Waals surface area contributed by atoms with E-state index in [9.17, 15) is 20.4 Å². The van der Waals surface area contributed by atoms with Crippen LogP contribution in [-0.2, 0) is 56.8 Å². The van der Waals surface area contributed by atoms with Crippen molar-refractivity contribution in [3.8, 4) is 0 Å². The standard InChI is InChI=1S/C20H34O7.C18H32O9/c1-9-11(3)19(25-15-7-21-13(5)23-17(9)15)27-20-12(4)10(2)18-16(26-20)8-22-14(6)24-18;1-7-9(3)16(23-11(5-19)13(7)21)26-17-10(4)8(2)14-18(27-17)24-12(6-20)15(22)25-14/h9-20H,7-8H2,1-6H3;7-22H,5-6H2,1-4H3/t9-,10-,11-,12-,13?,14?,15-,16-,17+,18+,19-,20-;7-,8-,9-,10-,11-,12-,13+,14+,15+,16-,17+,18?/m11/s1. The first-order valence-electron chi connectivity index (χ1n) is 20.0. The molecule has 0 aromatic rings. The lowest BCUT2D eigenvalue weighted by Crippen LogP contribution is -2.61. The van der Waals surface area contributed by atoms with Gasteiger partial charge in [-0.05, 0) is 37.5 Å². The lowest BCUT2D eigenvalue weighted by Gasteiger charge is -2.51. The molecular formula is C38H66O16. The second-order valence-electron chi connectivity index (χ2n) is 16.7. The van der Waals surface area contributed by atoms with E-state index in [0.717, 1.165) is 0 Å². The largest absolute Gasteiger partial charge is 0.394 e. The van der Waals surface area contributed by atoms with Crippen molar-refractivity contribution < 1.29 is 77.3 Å². The van der Waals surface area contributed by atoms with Crippen LogP contribution in [0.15, 0.2) is 0 Å². The molecule has 0 saturated carbocycles. The second-order valence-corrected chi connectivity index (χ2v) is 16.7. The Balaban J connectivity index is 0.000000184. The first-order chi connectivity index (χ1) is 25.6. The third-order valence-corrected chi connectivity index (χ3v) is 13.2. The summed E-state index contributed by atoms with van der Waals surface area (Å²) < 4.78 is 71.1. The highest BCUT2D eigenvalue weighted by molar-refractivity contribution is 4.92. The molecule has 0 aromatic carbocycles. The Bertz CT molecular complexity index is 1130. The predicted molar refractivity (Wildman–Crippen MR) is 187 cm³/mol. The van der Waals surface area contributed by atoms with E-state index >= 15 is 0 Å². The number of hydrogen-bond donors (Lipinski definition) is 4. The molecule has 0 amide bonds. The minimum Gasteiger partial charge on any atom is -0.394 e. The van der Waals surface area contributed by atoms with Gasteiger partial charge in [0.2, 0.25) is 0 Å². The van der Waals surface area contributed by atoms with Gasteiger partial charge in [0.15, 0.2) is 50.3 Å². The molecule has 0 radical (unpaired) electrons. The summed E-state index contributed by atoms with van der Waals surface area (Å²) in [6.45, 7) is 20.7. The van der Waals surface area contributed by atoms with Crippen LogP contribution in [0.5, 0.6) is 0 Å². The zero-order valence-corrected chi connectivity index (χ0v) is 33.4. The molecule has 16 heteroatoms. The lowest BCUT2D eigenvalue weighted by atomic mass is 9.83. The number of fused-ring (bicyclic) bond motifs is 3. The molecule has 7 aliphatic heterocycles. The number of rotatable bonds is 6. The maximum atomic E-state index is 10.2. The van der Waals surface area contributed by atoms with Crippen LogP contribution in [0.25, 0.3) is 0 Å². The zero-order valence-electron chi connectivity index (χ0n) is 33.4. The summed E-state index contributed by atoms with van der Waals surface area (Å²) in [5, 5.41) is 38.9. The summed E-state index contributed by atoms with van der Waals surface area (Å²) in [6, 6.07) is 0. The van der Waals surface area contributed by atoms with Gasteiger partial charge in [0.05, 0.1) is 44.7 Å². The Morgan fingerprint density at radius 2 is 0.870 bits per heavy atom. The molecule has 3 unspecified atom stereocenters. The molecule has 7 saturated heterocycles. The Hall–Kier alpha value is -0.640. The van der Waals surface area contributed by atoms with E-state index in [1.54, 1.807) is 0 Å². The van der Waals surface area contributed by atoms with Crippen LogP contribution in [0.1, 0.15) is 69.2 Å². The zero-order chi connectivity index (χ0) is 39.2. The molecule has 54 heavy (non-hydrogen) atoms. The number of aliphatic hydroxyl groups is 4. The predicted octanol–water partition coefficient (Wildman–Crippen LogP) is 1.92. The summed E-state index contributed by atoms with van der Waals surface area (Å²) >= 11 is 0. The van der Waals surface area contributed by atoms with Gasteiger partial charge in [-0.1, -0.05) is 55.4 Å². The van der Waals surface area contributed by atoms with Crippen molar-refractivity contribution >= 4 is 0 Å². The van der Waals surface area contributed by atoms with Gasteiger partial charge in [-0.25, -0.2) is 0 Å². The van der Waals surface area contributed by atoms with Crippen LogP contribution in [-0.4, -0.2) is 146 Å². The van der Waals surface area contributed by atoms with Gasteiger partial charge in [0.1, 0.15) is 30.5 Å². The quantitative estimate of drug-likeness (QED) is 0.306. The number of hydrogen-bond acceptors (Lipinski definition) is 16. The maximum absolute atomic E-state index is 10.2. The molecule has 24 atom stereocenters. The van der Waals surface area contributed by atoms with Gasteiger partial charge in [0, 0.05) is 23.7 Å². The normalized spacial score (nSPS) is 55.0. The Labute approximate surface area is 319 Å². The SMILES string of the molecule is CC1OC[C@H]2O[C@H](O[C@H]3O[C@@H]4COC(C)O[C@H]4[C@H](C)[C@H]3C)[C@H](C)[C@@H](C)[C@@H]2O1.C[C@@H]1[C@@H](C)[C@@H](O[C@H]2OC3O[C@H](CO)[C@@H](O)O[C@H]3[C@H](C)[C@H]2C)O[C@H](CO)[C@H]1O. The maximum Gasteiger partial charge on any atom is 0.187 e.